The summed E-state index contributed by atoms with van der Waals surface area (Å²) in [5.41, 5.74) is 5.97. The van der Waals surface area contributed by atoms with Crippen molar-refractivity contribution in [1.29, 1.82) is 0 Å². The van der Waals surface area contributed by atoms with Crippen LogP contribution in [0.5, 0.6) is 0 Å². The molecule has 0 aliphatic carbocycles. The Balaban J connectivity index is 2.64. The molecule has 94 valence electrons. The number of aryl methyl sites for hydroxylation is 1. The third-order valence-corrected chi connectivity index (χ3v) is 2.48. The van der Waals surface area contributed by atoms with E-state index in [0.29, 0.717) is 11.3 Å². The van der Waals surface area contributed by atoms with Crippen molar-refractivity contribution >= 4 is 5.69 Å². The average Bonchev–Trinajstić information content (AvgIpc) is 2.28. The van der Waals surface area contributed by atoms with Crippen LogP contribution in [-0.2, 0) is 6.18 Å². The second kappa shape index (κ2) is 4.29. The first-order valence-electron chi connectivity index (χ1n) is 5.13. The van der Waals surface area contributed by atoms with Gasteiger partial charge in [0.1, 0.15) is 0 Å². The quantitative estimate of drug-likeness (QED) is 0.849. The van der Waals surface area contributed by atoms with Gasteiger partial charge in [0.05, 0.1) is 23.1 Å². The fraction of sp³-hybridized carbons (Fsp3) is 0.167. The Morgan fingerprint density at radius 3 is 2.56 bits per heavy atom. The van der Waals surface area contributed by atoms with E-state index in [4.69, 9.17) is 5.73 Å². The van der Waals surface area contributed by atoms with Crippen molar-refractivity contribution in [2.24, 2.45) is 0 Å². The zero-order valence-electron chi connectivity index (χ0n) is 9.49. The van der Waals surface area contributed by atoms with E-state index >= 15 is 0 Å². The highest BCUT2D eigenvalue weighted by Gasteiger charge is 2.34. The van der Waals surface area contributed by atoms with E-state index in [1.54, 1.807) is 13.0 Å². The minimum atomic E-state index is -4.44. The van der Waals surface area contributed by atoms with E-state index < -0.39 is 11.7 Å². The molecule has 3 nitrogen and oxygen atoms in total. The number of hydrogen-bond acceptors (Lipinski definition) is 3. The summed E-state index contributed by atoms with van der Waals surface area (Å²) in [5, 5.41) is 0. The van der Waals surface area contributed by atoms with Crippen LogP contribution in [0.3, 0.4) is 0 Å². The number of anilines is 1. The number of nitrogens with two attached hydrogens (primary N) is 1. The van der Waals surface area contributed by atoms with Gasteiger partial charge in [0.2, 0.25) is 0 Å². The summed E-state index contributed by atoms with van der Waals surface area (Å²) < 4.78 is 38.6. The molecule has 0 bridgehead atoms. The second-order valence-electron chi connectivity index (χ2n) is 3.85. The molecule has 0 aromatic carbocycles. The van der Waals surface area contributed by atoms with Gasteiger partial charge < -0.3 is 5.73 Å². The lowest BCUT2D eigenvalue weighted by atomic mass is 10.0. The summed E-state index contributed by atoms with van der Waals surface area (Å²) in [6, 6.07) is 2.52. The number of rotatable bonds is 1. The lowest BCUT2D eigenvalue weighted by Crippen LogP contribution is -2.08. The van der Waals surface area contributed by atoms with Gasteiger partial charge in [-0.3, -0.25) is 9.97 Å². The molecule has 2 heterocycles. The highest BCUT2D eigenvalue weighted by Crippen LogP contribution is 2.36. The molecular weight excluding hydrogens is 243 g/mol. The summed E-state index contributed by atoms with van der Waals surface area (Å²) in [7, 11) is 0. The zero-order valence-corrected chi connectivity index (χ0v) is 9.49. The molecule has 2 rings (SSSR count). The summed E-state index contributed by atoms with van der Waals surface area (Å²) in [4.78, 5) is 7.68. The molecule has 0 amide bonds. The molecule has 0 fully saturated rings. The Morgan fingerprint density at radius 1 is 1.22 bits per heavy atom. The highest BCUT2D eigenvalue weighted by atomic mass is 19.4. The van der Waals surface area contributed by atoms with Crippen molar-refractivity contribution in [3.63, 3.8) is 0 Å². The average molecular weight is 253 g/mol. The third-order valence-electron chi connectivity index (χ3n) is 2.48. The molecule has 0 saturated heterocycles. The molecule has 0 atom stereocenters. The van der Waals surface area contributed by atoms with Gasteiger partial charge in [-0.1, -0.05) is 0 Å². The molecule has 6 heteroatoms. The number of alkyl halides is 3. The fourth-order valence-corrected chi connectivity index (χ4v) is 1.71. The van der Waals surface area contributed by atoms with Crippen LogP contribution in [0.2, 0.25) is 0 Å². The van der Waals surface area contributed by atoms with E-state index in [2.05, 4.69) is 9.97 Å². The number of hydrogen-bond donors (Lipinski definition) is 1. The molecule has 2 aromatic heterocycles. The molecule has 0 aliphatic rings. The van der Waals surface area contributed by atoms with Crippen LogP contribution in [0.4, 0.5) is 18.9 Å². The van der Waals surface area contributed by atoms with E-state index in [-0.39, 0.29) is 11.3 Å². The molecule has 0 spiro atoms. The Labute approximate surface area is 101 Å². The van der Waals surface area contributed by atoms with Crippen LogP contribution in [0.15, 0.2) is 30.7 Å². The van der Waals surface area contributed by atoms with Crippen molar-refractivity contribution in [2.45, 2.75) is 13.1 Å². The highest BCUT2D eigenvalue weighted by molar-refractivity contribution is 5.67. The lowest BCUT2D eigenvalue weighted by Gasteiger charge is -2.13. The van der Waals surface area contributed by atoms with Gasteiger partial charge in [-0.25, -0.2) is 0 Å². The maximum atomic E-state index is 12.9. The largest absolute Gasteiger partial charge is 0.417 e. The number of aromatic nitrogens is 2. The molecule has 0 unspecified atom stereocenters. The maximum Gasteiger partial charge on any atom is 0.417 e. The molecule has 0 saturated carbocycles. The predicted molar refractivity (Wildman–Crippen MR) is 61.6 cm³/mol. The van der Waals surface area contributed by atoms with Crippen molar-refractivity contribution in [3.8, 4) is 11.3 Å². The Bertz CT molecular complexity index is 579. The van der Waals surface area contributed by atoms with Crippen LogP contribution in [0, 0.1) is 6.92 Å². The molecule has 18 heavy (non-hydrogen) atoms. The number of pyridine rings is 2. The van der Waals surface area contributed by atoms with Gasteiger partial charge in [0, 0.05) is 18.0 Å². The van der Waals surface area contributed by atoms with Gasteiger partial charge >= 0.3 is 6.18 Å². The van der Waals surface area contributed by atoms with E-state index in [1.165, 1.54) is 6.20 Å². The van der Waals surface area contributed by atoms with Crippen LogP contribution >= 0.6 is 0 Å². The van der Waals surface area contributed by atoms with Gasteiger partial charge in [0.15, 0.2) is 0 Å². The smallest absolute Gasteiger partial charge is 0.397 e. The maximum absolute atomic E-state index is 12.9. The van der Waals surface area contributed by atoms with Crippen molar-refractivity contribution < 1.29 is 13.2 Å². The Hall–Kier alpha value is -2.11. The number of nitrogen functional groups attached to an aromatic ring is 1. The number of halogens is 3. The second-order valence-corrected chi connectivity index (χ2v) is 3.85. The topological polar surface area (TPSA) is 51.8 Å². The SMILES string of the molecule is Cc1cc(N)cnc1-c1cnccc1C(F)(F)F. The van der Waals surface area contributed by atoms with E-state index in [1.807, 2.05) is 0 Å². The van der Waals surface area contributed by atoms with Gasteiger partial charge in [0.25, 0.3) is 0 Å². The normalized spacial score (nSPS) is 11.6. The fourth-order valence-electron chi connectivity index (χ4n) is 1.71. The summed E-state index contributed by atoms with van der Waals surface area (Å²) >= 11 is 0. The third kappa shape index (κ3) is 2.27. The van der Waals surface area contributed by atoms with Crippen molar-refractivity contribution in [3.05, 3.63) is 41.9 Å². The van der Waals surface area contributed by atoms with Crippen LogP contribution < -0.4 is 5.73 Å². The first-order chi connectivity index (χ1) is 8.39. The Morgan fingerprint density at radius 2 is 1.94 bits per heavy atom. The van der Waals surface area contributed by atoms with Gasteiger partial charge in [-0.15, -0.1) is 0 Å². The first-order valence-corrected chi connectivity index (χ1v) is 5.13. The predicted octanol–water partition coefficient (Wildman–Crippen LogP) is 3.05. The molecule has 2 N–H and O–H groups in total. The summed E-state index contributed by atoms with van der Waals surface area (Å²) in [6.45, 7) is 1.66. The molecule has 0 radical (unpaired) electrons. The van der Waals surface area contributed by atoms with Crippen molar-refractivity contribution in [2.75, 3.05) is 5.73 Å². The van der Waals surface area contributed by atoms with E-state index in [0.717, 1.165) is 18.5 Å². The minimum absolute atomic E-state index is 0.0394. The van der Waals surface area contributed by atoms with Crippen molar-refractivity contribution in [1.82, 2.24) is 9.97 Å². The molecule has 0 aliphatic heterocycles. The monoisotopic (exact) mass is 253 g/mol. The van der Waals surface area contributed by atoms with Crippen LogP contribution in [0.25, 0.3) is 11.3 Å². The van der Waals surface area contributed by atoms with E-state index in [9.17, 15) is 13.2 Å². The lowest BCUT2D eigenvalue weighted by molar-refractivity contribution is -0.137. The zero-order chi connectivity index (χ0) is 13.3. The summed E-state index contributed by atoms with van der Waals surface area (Å²) in [6.07, 6.45) is -0.837. The standard InChI is InChI=1S/C12H10F3N3/c1-7-4-8(16)5-18-11(7)9-6-17-3-2-10(9)12(13,14)15/h2-6H,16H2,1H3. The van der Waals surface area contributed by atoms with Crippen LogP contribution in [0.1, 0.15) is 11.1 Å². The summed E-state index contributed by atoms with van der Waals surface area (Å²) in [5.74, 6) is 0. The molecular formula is C12H10F3N3. The minimum Gasteiger partial charge on any atom is -0.397 e. The van der Waals surface area contributed by atoms with Crippen LogP contribution in [-0.4, -0.2) is 9.97 Å². The Kier molecular flexibility index (Phi) is 2.94. The van der Waals surface area contributed by atoms with Gasteiger partial charge in [-0.2, -0.15) is 13.2 Å². The molecule has 2 aromatic rings. The number of nitrogens with zero attached hydrogens (tertiary/aromatic N) is 2. The first kappa shape index (κ1) is 12.3. The van der Waals surface area contributed by atoms with Gasteiger partial charge in [-0.05, 0) is 24.6 Å².